The molecule has 0 unspecified atom stereocenters. The third-order valence-corrected chi connectivity index (χ3v) is 3.78. The largest absolute Gasteiger partial charge is 0.363 e. The van der Waals surface area contributed by atoms with Crippen molar-refractivity contribution in [1.82, 2.24) is 4.90 Å². The summed E-state index contributed by atoms with van der Waals surface area (Å²) in [7, 11) is 0. The van der Waals surface area contributed by atoms with E-state index >= 15 is 0 Å². The SMILES string of the molecule is CC(C)=CCCC(C)(C)C/C=C(\C#N)N1CCCC1. The van der Waals surface area contributed by atoms with Gasteiger partial charge in [0.15, 0.2) is 0 Å². The van der Waals surface area contributed by atoms with Crippen molar-refractivity contribution in [2.45, 2.75) is 59.8 Å². The van der Waals surface area contributed by atoms with E-state index in [1.165, 1.54) is 24.8 Å². The maximum absolute atomic E-state index is 9.26. The predicted octanol–water partition coefficient (Wildman–Crippen LogP) is 4.65. The Balaban J connectivity index is 2.51. The summed E-state index contributed by atoms with van der Waals surface area (Å²) < 4.78 is 0. The number of hydrogen-bond acceptors (Lipinski definition) is 2. The van der Waals surface area contributed by atoms with Crippen molar-refractivity contribution < 1.29 is 0 Å². The van der Waals surface area contributed by atoms with Gasteiger partial charge in [0.25, 0.3) is 0 Å². The number of rotatable bonds is 6. The van der Waals surface area contributed by atoms with Crippen LogP contribution in [0.3, 0.4) is 0 Å². The summed E-state index contributed by atoms with van der Waals surface area (Å²) in [5, 5.41) is 9.26. The maximum atomic E-state index is 9.26. The fourth-order valence-electron chi connectivity index (χ4n) is 2.43. The summed E-state index contributed by atoms with van der Waals surface area (Å²) in [6, 6.07) is 2.37. The summed E-state index contributed by atoms with van der Waals surface area (Å²) in [6.45, 7) is 11.0. The molecule has 1 aliphatic rings. The molecular formula is C17H28N2. The van der Waals surface area contributed by atoms with Crippen LogP contribution in [0.1, 0.15) is 59.8 Å². The zero-order valence-corrected chi connectivity index (χ0v) is 13.0. The lowest BCUT2D eigenvalue weighted by molar-refractivity contribution is 0.338. The molecule has 0 atom stereocenters. The molecule has 0 amide bonds. The van der Waals surface area contributed by atoms with Crippen LogP contribution in [-0.4, -0.2) is 18.0 Å². The molecule has 1 saturated heterocycles. The normalized spacial score (nSPS) is 16.4. The van der Waals surface area contributed by atoms with Gasteiger partial charge in [0.05, 0.1) is 0 Å². The number of hydrogen-bond donors (Lipinski definition) is 0. The molecule has 2 nitrogen and oxygen atoms in total. The predicted molar refractivity (Wildman–Crippen MR) is 81.6 cm³/mol. The van der Waals surface area contributed by atoms with Crippen molar-refractivity contribution in [2.24, 2.45) is 5.41 Å². The number of nitrogens with zero attached hydrogens (tertiary/aromatic N) is 2. The lowest BCUT2D eigenvalue weighted by Gasteiger charge is -2.23. The molecule has 0 aromatic rings. The van der Waals surface area contributed by atoms with Gasteiger partial charge in [-0.25, -0.2) is 0 Å². The molecule has 1 heterocycles. The van der Waals surface area contributed by atoms with E-state index in [1.54, 1.807) is 0 Å². The van der Waals surface area contributed by atoms with Gasteiger partial charge >= 0.3 is 0 Å². The third kappa shape index (κ3) is 5.96. The summed E-state index contributed by atoms with van der Waals surface area (Å²) >= 11 is 0. The number of allylic oxidation sites excluding steroid dienone is 4. The Morgan fingerprint density at radius 2 is 1.84 bits per heavy atom. The lowest BCUT2D eigenvalue weighted by Crippen LogP contribution is -2.18. The van der Waals surface area contributed by atoms with Crippen molar-refractivity contribution >= 4 is 0 Å². The molecule has 19 heavy (non-hydrogen) atoms. The van der Waals surface area contributed by atoms with Gasteiger partial charge in [0.1, 0.15) is 11.8 Å². The topological polar surface area (TPSA) is 27.0 Å². The summed E-state index contributed by atoms with van der Waals surface area (Å²) in [4.78, 5) is 2.23. The fourth-order valence-corrected chi connectivity index (χ4v) is 2.43. The van der Waals surface area contributed by atoms with E-state index in [0.29, 0.717) is 0 Å². The smallest absolute Gasteiger partial charge is 0.117 e. The van der Waals surface area contributed by atoms with Crippen LogP contribution in [0.15, 0.2) is 23.4 Å². The quantitative estimate of drug-likeness (QED) is 0.513. The minimum atomic E-state index is 0.272. The Morgan fingerprint density at radius 1 is 1.21 bits per heavy atom. The molecule has 0 aromatic carbocycles. The molecule has 1 aliphatic heterocycles. The highest BCUT2D eigenvalue weighted by molar-refractivity contribution is 5.20. The average molecular weight is 260 g/mol. The Morgan fingerprint density at radius 3 is 2.37 bits per heavy atom. The zero-order chi connectivity index (χ0) is 14.3. The second-order valence-electron chi connectivity index (χ2n) is 6.58. The molecular weight excluding hydrogens is 232 g/mol. The summed E-state index contributed by atoms with van der Waals surface area (Å²) in [5.74, 6) is 0. The first-order valence-corrected chi connectivity index (χ1v) is 7.43. The van der Waals surface area contributed by atoms with Gasteiger partial charge in [0, 0.05) is 13.1 Å². The standard InChI is InChI=1S/C17H28N2/c1-15(2)8-7-10-17(3,4)11-9-16(14-18)19-12-5-6-13-19/h8-9H,5-7,10-13H2,1-4H3/b16-9+. The van der Waals surface area contributed by atoms with Gasteiger partial charge in [-0.1, -0.05) is 25.5 Å². The number of nitriles is 1. The average Bonchev–Trinajstić information content (AvgIpc) is 2.82. The highest BCUT2D eigenvalue weighted by Gasteiger charge is 2.18. The highest BCUT2D eigenvalue weighted by atomic mass is 15.1. The van der Waals surface area contributed by atoms with Crippen LogP contribution in [0, 0.1) is 16.7 Å². The maximum Gasteiger partial charge on any atom is 0.117 e. The van der Waals surface area contributed by atoms with Crippen LogP contribution in [0.25, 0.3) is 0 Å². The van der Waals surface area contributed by atoms with E-state index in [0.717, 1.165) is 31.6 Å². The molecule has 0 spiro atoms. The Kier molecular flexibility index (Phi) is 6.15. The van der Waals surface area contributed by atoms with Gasteiger partial charge in [0.2, 0.25) is 0 Å². The first kappa shape index (κ1) is 15.8. The molecule has 0 radical (unpaired) electrons. The number of likely N-dealkylation sites (tertiary alicyclic amines) is 1. The first-order chi connectivity index (χ1) is 8.94. The monoisotopic (exact) mass is 260 g/mol. The fraction of sp³-hybridized carbons (Fsp3) is 0.706. The van der Waals surface area contributed by atoms with Crippen molar-refractivity contribution in [3.05, 3.63) is 23.4 Å². The molecule has 0 aromatic heterocycles. The molecule has 1 fully saturated rings. The van der Waals surface area contributed by atoms with Crippen LogP contribution in [0.2, 0.25) is 0 Å². The molecule has 2 heteroatoms. The van der Waals surface area contributed by atoms with E-state index in [9.17, 15) is 5.26 Å². The minimum Gasteiger partial charge on any atom is -0.363 e. The van der Waals surface area contributed by atoms with Crippen LogP contribution in [0.5, 0.6) is 0 Å². The minimum absolute atomic E-state index is 0.272. The van der Waals surface area contributed by atoms with Crippen LogP contribution in [-0.2, 0) is 0 Å². The molecule has 106 valence electrons. The molecule has 0 saturated carbocycles. The molecule has 0 N–H and O–H groups in total. The van der Waals surface area contributed by atoms with Crippen molar-refractivity contribution in [3.8, 4) is 6.07 Å². The van der Waals surface area contributed by atoms with Gasteiger partial charge in [-0.05, 0) is 57.4 Å². The van der Waals surface area contributed by atoms with Crippen molar-refractivity contribution in [1.29, 1.82) is 5.26 Å². The molecule has 1 rings (SSSR count). The summed E-state index contributed by atoms with van der Waals surface area (Å²) in [6.07, 6.45) is 10.2. The second-order valence-corrected chi connectivity index (χ2v) is 6.58. The van der Waals surface area contributed by atoms with E-state index in [2.05, 4.69) is 50.8 Å². The lowest BCUT2D eigenvalue weighted by atomic mass is 9.84. The molecule has 0 bridgehead atoms. The third-order valence-electron chi connectivity index (χ3n) is 3.78. The zero-order valence-electron chi connectivity index (χ0n) is 13.0. The van der Waals surface area contributed by atoms with Crippen molar-refractivity contribution in [2.75, 3.05) is 13.1 Å². The van der Waals surface area contributed by atoms with E-state index in [-0.39, 0.29) is 5.41 Å². The van der Waals surface area contributed by atoms with Gasteiger partial charge in [-0.3, -0.25) is 0 Å². The van der Waals surface area contributed by atoms with Gasteiger partial charge < -0.3 is 4.90 Å². The van der Waals surface area contributed by atoms with Crippen molar-refractivity contribution in [3.63, 3.8) is 0 Å². The Labute approximate surface area is 118 Å². The van der Waals surface area contributed by atoms with Gasteiger partial charge in [-0.2, -0.15) is 5.26 Å². The Bertz CT molecular complexity index is 373. The van der Waals surface area contributed by atoms with Crippen LogP contribution >= 0.6 is 0 Å². The molecule has 0 aliphatic carbocycles. The highest BCUT2D eigenvalue weighted by Crippen LogP contribution is 2.29. The van der Waals surface area contributed by atoms with Crippen LogP contribution < -0.4 is 0 Å². The Hall–Kier alpha value is -1.23. The second kappa shape index (κ2) is 7.38. The van der Waals surface area contributed by atoms with E-state index in [4.69, 9.17) is 0 Å². The van der Waals surface area contributed by atoms with Gasteiger partial charge in [-0.15, -0.1) is 0 Å². The first-order valence-electron chi connectivity index (χ1n) is 7.43. The summed E-state index contributed by atoms with van der Waals surface area (Å²) in [5.41, 5.74) is 2.54. The van der Waals surface area contributed by atoms with E-state index in [1.807, 2.05) is 0 Å². The van der Waals surface area contributed by atoms with Crippen LogP contribution in [0.4, 0.5) is 0 Å². The van der Waals surface area contributed by atoms with E-state index < -0.39 is 0 Å².